The van der Waals surface area contributed by atoms with Crippen molar-refractivity contribution >= 4 is 11.9 Å². The van der Waals surface area contributed by atoms with E-state index in [-0.39, 0.29) is 5.82 Å². The van der Waals surface area contributed by atoms with Crippen molar-refractivity contribution in [1.29, 1.82) is 0 Å². The van der Waals surface area contributed by atoms with Gasteiger partial charge in [-0.3, -0.25) is 4.79 Å². The summed E-state index contributed by atoms with van der Waals surface area (Å²) in [6, 6.07) is 4.75. The molecule has 0 fully saturated rings. The van der Waals surface area contributed by atoms with Crippen molar-refractivity contribution in [2.75, 3.05) is 0 Å². The number of hydrogen-bond donors (Lipinski definition) is 0. The lowest BCUT2D eigenvalue weighted by molar-refractivity contribution is -0.105. The molecule has 14 heavy (non-hydrogen) atoms. The first-order valence-electron chi connectivity index (χ1n) is 4.66. The molecule has 0 unspecified atom stereocenters. The Bertz CT molecular complexity index is 418. The van der Waals surface area contributed by atoms with Gasteiger partial charge in [-0.05, 0) is 54.2 Å². The van der Waals surface area contributed by atoms with Crippen LogP contribution in [-0.4, -0.2) is 6.29 Å². The summed E-state index contributed by atoms with van der Waals surface area (Å²) >= 11 is 0. The fourth-order valence-electron chi connectivity index (χ4n) is 1.91. The topological polar surface area (TPSA) is 17.1 Å². The van der Waals surface area contributed by atoms with Gasteiger partial charge in [0.2, 0.25) is 0 Å². The summed E-state index contributed by atoms with van der Waals surface area (Å²) in [5.74, 6) is -0.203. The molecule has 1 aromatic carbocycles. The second-order valence-electron chi connectivity index (χ2n) is 3.57. The SMILES string of the molecule is CC1=C(C=O)CCc2cc(F)ccc21. The first kappa shape index (κ1) is 9.13. The van der Waals surface area contributed by atoms with Gasteiger partial charge in [-0.25, -0.2) is 4.39 Å². The van der Waals surface area contributed by atoms with Crippen LogP contribution in [0.15, 0.2) is 23.8 Å². The molecular formula is C12H11FO. The van der Waals surface area contributed by atoms with Crippen LogP contribution in [0.25, 0.3) is 5.57 Å². The molecule has 0 heterocycles. The van der Waals surface area contributed by atoms with E-state index in [1.54, 1.807) is 12.1 Å². The van der Waals surface area contributed by atoms with E-state index in [0.29, 0.717) is 0 Å². The summed E-state index contributed by atoms with van der Waals surface area (Å²) < 4.78 is 12.9. The molecule has 2 heteroatoms. The van der Waals surface area contributed by atoms with Crippen molar-refractivity contribution < 1.29 is 9.18 Å². The molecule has 0 aliphatic heterocycles. The maximum atomic E-state index is 12.9. The summed E-state index contributed by atoms with van der Waals surface area (Å²) in [5.41, 5.74) is 3.85. The van der Waals surface area contributed by atoms with Crippen LogP contribution in [0.1, 0.15) is 24.5 Å². The van der Waals surface area contributed by atoms with Gasteiger partial charge in [0.05, 0.1) is 0 Å². The van der Waals surface area contributed by atoms with Crippen molar-refractivity contribution in [2.24, 2.45) is 0 Å². The number of hydrogen-bond acceptors (Lipinski definition) is 1. The van der Waals surface area contributed by atoms with Crippen LogP contribution < -0.4 is 0 Å². The van der Waals surface area contributed by atoms with Crippen LogP contribution in [0.2, 0.25) is 0 Å². The predicted octanol–water partition coefficient (Wildman–Crippen LogP) is 2.74. The van der Waals surface area contributed by atoms with Crippen molar-refractivity contribution in [3.05, 3.63) is 40.7 Å². The standard InChI is InChI=1S/C12H11FO/c1-8-10(7-14)3-2-9-6-11(13)4-5-12(8)9/h4-7H,2-3H2,1H3. The van der Waals surface area contributed by atoms with E-state index in [0.717, 1.165) is 41.4 Å². The van der Waals surface area contributed by atoms with Gasteiger partial charge in [0.15, 0.2) is 0 Å². The minimum atomic E-state index is -0.203. The molecule has 2 rings (SSSR count). The molecule has 0 atom stereocenters. The van der Waals surface area contributed by atoms with E-state index in [1.807, 2.05) is 6.92 Å². The van der Waals surface area contributed by atoms with E-state index < -0.39 is 0 Å². The molecule has 1 aliphatic carbocycles. The molecule has 0 bridgehead atoms. The Balaban J connectivity index is 2.58. The summed E-state index contributed by atoms with van der Waals surface area (Å²) in [4.78, 5) is 10.7. The van der Waals surface area contributed by atoms with E-state index in [1.165, 1.54) is 6.07 Å². The van der Waals surface area contributed by atoms with Crippen molar-refractivity contribution in [3.8, 4) is 0 Å². The molecule has 0 radical (unpaired) electrons. The molecule has 0 aromatic heterocycles. The molecule has 0 saturated carbocycles. The second-order valence-corrected chi connectivity index (χ2v) is 3.57. The number of fused-ring (bicyclic) bond motifs is 1. The van der Waals surface area contributed by atoms with E-state index in [2.05, 4.69) is 0 Å². The molecule has 1 nitrogen and oxygen atoms in total. The smallest absolute Gasteiger partial charge is 0.146 e. The second kappa shape index (κ2) is 3.37. The summed E-state index contributed by atoms with van der Waals surface area (Å²) in [6.45, 7) is 1.92. The third-order valence-electron chi connectivity index (χ3n) is 2.76. The van der Waals surface area contributed by atoms with Crippen LogP contribution in [-0.2, 0) is 11.2 Å². The third-order valence-corrected chi connectivity index (χ3v) is 2.76. The summed E-state index contributed by atoms with van der Waals surface area (Å²) in [5, 5.41) is 0. The maximum absolute atomic E-state index is 12.9. The number of aryl methyl sites for hydroxylation is 1. The third kappa shape index (κ3) is 1.37. The highest BCUT2D eigenvalue weighted by Crippen LogP contribution is 2.30. The molecule has 1 aromatic rings. The Labute approximate surface area is 82.3 Å². The first-order valence-corrected chi connectivity index (χ1v) is 4.66. The Kier molecular flexibility index (Phi) is 2.20. The molecular weight excluding hydrogens is 179 g/mol. The minimum Gasteiger partial charge on any atom is -0.298 e. The van der Waals surface area contributed by atoms with E-state index in [9.17, 15) is 9.18 Å². The van der Waals surface area contributed by atoms with Crippen LogP contribution in [0.5, 0.6) is 0 Å². The maximum Gasteiger partial charge on any atom is 0.146 e. The monoisotopic (exact) mass is 190 g/mol. The first-order chi connectivity index (χ1) is 6.72. The number of carbonyl (C=O) groups is 1. The van der Waals surface area contributed by atoms with Crippen molar-refractivity contribution in [1.82, 2.24) is 0 Å². The van der Waals surface area contributed by atoms with Crippen LogP contribution >= 0.6 is 0 Å². The number of carbonyl (C=O) groups excluding carboxylic acids is 1. The van der Waals surface area contributed by atoms with Gasteiger partial charge in [-0.15, -0.1) is 0 Å². The molecule has 72 valence electrons. The number of halogens is 1. The van der Waals surface area contributed by atoms with Gasteiger partial charge in [0, 0.05) is 0 Å². The number of aldehydes is 1. The van der Waals surface area contributed by atoms with E-state index in [4.69, 9.17) is 0 Å². The highest BCUT2D eigenvalue weighted by atomic mass is 19.1. The van der Waals surface area contributed by atoms with Crippen LogP contribution in [0.3, 0.4) is 0 Å². The van der Waals surface area contributed by atoms with Gasteiger partial charge < -0.3 is 0 Å². The highest BCUT2D eigenvalue weighted by Gasteiger charge is 2.15. The largest absolute Gasteiger partial charge is 0.298 e. The highest BCUT2D eigenvalue weighted by molar-refractivity contribution is 5.89. The lowest BCUT2D eigenvalue weighted by Crippen LogP contribution is -2.04. The lowest BCUT2D eigenvalue weighted by atomic mass is 9.87. The lowest BCUT2D eigenvalue weighted by Gasteiger charge is -2.17. The average molecular weight is 190 g/mol. The Morgan fingerprint density at radius 3 is 2.86 bits per heavy atom. The Morgan fingerprint density at radius 1 is 1.36 bits per heavy atom. The van der Waals surface area contributed by atoms with Gasteiger partial charge >= 0.3 is 0 Å². The molecule has 0 saturated heterocycles. The fourth-order valence-corrected chi connectivity index (χ4v) is 1.91. The van der Waals surface area contributed by atoms with Gasteiger partial charge in [-0.2, -0.15) is 0 Å². The van der Waals surface area contributed by atoms with Crippen LogP contribution in [0, 0.1) is 5.82 Å². The molecule has 0 spiro atoms. The minimum absolute atomic E-state index is 0.203. The fraction of sp³-hybridized carbons (Fsp3) is 0.250. The van der Waals surface area contributed by atoms with Gasteiger partial charge in [0.1, 0.15) is 12.1 Å². The zero-order valence-electron chi connectivity index (χ0n) is 8.01. The zero-order chi connectivity index (χ0) is 10.1. The van der Waals surface area contributed by atoms with Gasteiger partial charge in [0.25, 0.3) is 0 Å². The number of allylic oxidation sites excluding steroid dienone is 2. The van der Waals surface area contributed by atoms with Crippen LogP contribution in [0.4, 0.5) is 4.39 Å². The predicted molar refractivity (Wildman–Crippen MR) is 53.4 cm³/mol. The molecule has 0 amide bonds. The molecule has 0 N–H and O–H groups in total. The Hall–Kier alpha value is -1.44. The number of rotatable bonds is 1. The average Bonchev–Trinajstić information content (AvgIpc) is 2.18. The summed E-state index contributed by atoms with van der Waals surface area (Å²) in [7, 11) is 0. The quantitative estimate of drug-likeness (QED) is 0.622. The normalized spacial score (nSPS) is 15.3. The Morgan fingerprint density at radius 2 is 2.14 bits per heavy atom. The summed E-state index contributed by atoms with van der Waals surface area (Å²) in [6.07, 6.45) is 2.39. The van der Waals surface area contributed by atoms with E-state index >= 15 is 0 Å². The van der Waals surface area contributed by atoms with Crippen molar-refractivity contribution in [3.63, 3.8) is 0 Å². The van der Waals surface area contributed by atoms with Crippen molar-refractivity contribution in [2.45, 2.75) is 19.8 Å². The van der Waals surface area contributed by atoms with Gasteiger partial charge in [-0.1, -0.05) is 6.07 Å². The number of benzene rings is 1. The molecule has 1 aliphatic rings. The zero-order valence-corrected chi connectivity index (χ0v) is 8.01.